The van der Waals surface area contributed by atoms with Crippen molar-refractivity contribution in [2.24, 2.45) is 0 Å². The summed E-state index contributed by atoms with van der Waals surface area (Å²) < 4.78 is 34.7. The van der Waals surface area contributed by atoms with Crippen LogP contribution in [0.3, 0.4) is 0 Å². The Kier molecular flexibility index (Phi) is 4.66. The van der Waals surface area contributed by atoms with E-state index in [1.807, 2.05) is 0 Å². The molecule has 3 heterocycles. The summed E-state index contributed by atoms with van der Waals surface area (Å²) in [6.45, 7) is 1.07. The Hall–Kier alpha value is -1.47. The van der Waals surface area contributed by atoms with Crippen molar-refractivity contribution in [3.8, 4) is 0 Å². The minimum Gasteiger partial charge on any atom is -0.312 e. The Morgan fingerprint density at radius 3 is 2.75 bits per heavy atom. The predicted octanol–water partition coefficient (Wildman–Crippen LogP) is -1.04. The van der Waals surface area contributed by atoms with Crippen molar-refractivity contribution in [3.05, 3.63) is 0 Å². The van der Waals surface area contributed by atoms with E-state index in [0.29, 0.717) is 16.5 Å². The molecule has 0 aromatic rings. The average Bonchev–Trinajstić information content (AvgIpc) is 3.09. The zero-order valence-corrected chi connectivity index (χ0v) is 13.7. The summed E-state index contributed by atoms with van der Waals surface area (Å²) in [5.74, 6) is -0.607. The first kappa shape index (κ1) is 17.4. The summed E-state index contributed by atoms with van der Waals surface area (Å²) in [5.41, 5.74) is 0. The van der Waals surface area contributed by atoms with Gasteiger partial charge in [-0.05, 0) is 32.2 Å². The van der Waals surface area contributed by atoms with Gasteiger partial charge >= 0.3 is 16.4 Å². The largest absolute Gasteiger partial charge is 0.418 e. The highest BCUT2D eigenvalue weighted by Gasteiger charge is 2.50. The fourth-order valence-corrected chi connectivity index (χ4v) is 3.86. The highest BCUT2D eigenvalue weighted by Crippen LogP contribution is 2.31. The number of nitrogens with zero attached hydrogens (tertiary/aromatic N) is 3. The van der Waals surface area contributed by atoms with E-state index in [1.165, 1.54) is 0 Å². The van der Waals surface area contributed by atoms with Crippen LogP contribution in [0.15, 0.2) is 0 Å². The Morgan fingerprint density at radius 1 is 1.38 bits per heavy atom. The highest BCUT2D eigenvalue weighted by atomic mass is 32.3. The third kappa shape index (κ3) is 3.47. The second-order valence-corrected chi connectivity index (χ2v) is 7.23. The number of carbonyl (C=O) groups is 2. The first-order valence-electron chi connectivity index (χ1n) is 7.77. The van der Waals surface area contributed by atoms with Crippen molar-refractivity contribution in [2.75, 3.05) is 19.6 Å². The van der Waals surface area contributed by atoms with Crippen LogP contribution in [0, 0.1) is 0 Å². The number of urea groups is 1. The molecule has 11 nitrogen and oxygen atoms in total. The lowest BCUT2D eigenvalue weighted by atomic mass is 10.00. The van der Waals surface area contributed by atoms with Crippen LogP contribution >= 0.6 is 0 Å². The molecule has 3 aliphatic rings. The number of hydroxylamine groups is 4. The summed E-state index contributed by atoms with van der Waals surface area (Å²) in [7, 11) is -4.82. The van der Waals surface area contributed by atoms with Gasteiger partial charge < -0.3 is 10.2 Å². The molecule has 0 aromatic heterocycles. The summed E-state index contributed by atoms with van der Waals surface area (Å²) in [6, 6.07) is -2.24. The minimum absolute atomic E-state index is 0.0175. The maximum absolute atomic E-state index is 12.4. The van der Waals surface area contributed by atoms with Gasteiger partial charge in [0.2, 0.25) is 0 Å². The molecule has 0 saturated carbocycles. The number of piperidine rings is 1. The number of hydrogen-bond acceptors (Lipinski definition) is 7. The molecule has 0 spiro atoms. The molecule has 0 aliphatic carbocycles. The van der Waals surface area contributed by atoms with Crippen LogP contribution in [0.5, 0.6) is 0 Å². The van der Waals surface area contributed by atoms with Crippen LogP contribution in [-0.4, -0.2) is 82.9 Å². The zero-order valence-electron chi connectivity index (χ0n) is 12.9. The van der Waals surface area contributed by atoms with Gasteiger partial charge in [-0.25, -0.2) is 9.86 Å². The van der Waals surface area contributed by atoms with E-state index in [-0.39, 0.29) is 25.6 Å². The van der Waals surface area contributed by atoms with E-state index in [0.717, 1.165) is 24.3 Å². The normalized spacial score (nSPS) is 30.1. The maximum atomic E-state index is 12.4. The second kappa shape index (κ2) is 6.44. The average molecular weight is 364 g/mol. The summed E-state index contributed by atoms with van der Waals surface area (Å²) >= 11 is 0. The minimum atomic E-state index is -4.82. The van der Waals surface area contributed by atoms with Gasteiger partial charge in [0.25, 0.3) is 5.91 Å². The molecule has 0 radical (unpaired) electrons. The number of carbonyl (C=O) groups excluding carboxylic acids is 2. The molecule has 24 heavy (non-hydrogen) atoms. The molecular weight excluding hydrogens is 344 g/mol. The van der Waals surface area contributed by atoms with Crippen LogP contribution < -0.4 is 5.32 Å². The first-order valence-corrected chi connectivity index (χ1v) is 9.13. The predicted molar refractivity (Wildman–Crippen MR) is 77.9 cm³/mol. The third-order valence-corrected chi connectivity index (χ3v) is 4.94. The van der Waals surface area contributed by atoms with Gasteiger partial charge in [0.1, 0.15) is 6.04 Å². The molecule has 3 atom stereocenters. The van der Waals surface area contributed by atoms with Crippen molar-refractivity contribution in [1.29, 1.82) is 0 Å². The lowest BCUT2D eigenvalue weighted by Gasteiger charge is -2.32. The van der Waals surface area contributed by atoms with Crippen LogP contribution in [0.25, 0.3) is 0 Å². The van der Waals surface area contributed by atoms with Crippen LogP contribution in [0.1, 0.15) is 25.7 Å². The molecule has 3 fully saturated rings. The molecule has 0 aromatic carbocycles. The molecule has 3 aliphatic heterocycles. The van der Waals surface area contributed by atoms with E-state index in [1.54, 1.807) is 0 Å². The molecule has 3 amide bonds. The third-order valence-electron chi connectivity index (χ3n) is 4.59. The van der Waals surface area contributed by atoms with E-state index >= 15 is 0 Å². The second-order valence-electron chi connectivity index (χ2n) is 6.22. The molecule has 3 N–H and O–H groups in total. The number of rotatable bonds is 5. The summed E-state index contributed by atoms with van der Waals surface area (Å²) in [6.07, 6.45) is 2.43. The lowest BCUT2D eigenvalue weighted by Crippen LogP contribution is -2.52. The van der Waals surface area contributed by atoms with Crippen molar-refractivity contribution >= 4 is 22.3 Å². The fraction of sp³-hybridized carbons (Fsp3) is 0.833. The zero-order chi connectivity index (χ0) is 17.5. The van der Waals surface area contributed by atoms with E-state index < -0.39 is 34.4 Å². The number of amides is 3. The van der Waals surface area contributed by atoms with E-state index in [2.05, 4.69) is 9.60 Å². The van der Waals surface area contributed by atoms with Gasteiger partial charge in [-0.2, -0.15) is 13.5 Å². The Balaban J connectivity index is 1.65. The fourth-order valence-electron chi connectivity index (χ4n) is 3.47. The molecule has 12 heteroatoms. The standard InChI is InChI=1S/C12H20N4O7S/c17-11(15(19)6-8-2-1-5-13-8)10-4-3-9-7-14(10)12(18)16(9)23-24(20,21)22/h8-10,13,19H,1-7H2,(H,20,21,22)/t8-,9?,10?/m0/s1. The van der Waals surface area contributed by atoms with E-state index in [4.69, 9.17) is 4.55 Å². The van der Waals surface area contributed by atoms with Crippen molar-refractivity contribution in [3.63, 3.8) is 0 Å². The van der Waals surface area contributed by atoms with Gasteiger partial charge in [0.15, 0.2) is 0 Å². The molecular formula is C12H20N4O7S. The van der Waals surface area contributed by atoms with Crippen LogP contribution in [-0.2, 0) is 19.5 Å². The van der Waals surface area contributed by atoms with Gasteiger partial charge in [-0.1, -0.05) is 0 Å². The number of nitrogens with one attached hydrogen (secondary N) is 1. The van der Waals surface area contributed by atoms with Gasteiger partial charge in [0, 0.05) is 12.6 Å². The molecule has 3 saturated heterocycles. The molecule has 136 valence electrons. The molecule has 2 bridgehead atoms. The van der Waals surface area contributed by atoms with Crippen molar-refractivity contribution in [2.45, 2.75) is 43.8 Å². The lowest BCUT2D eigenvalue weighted by molar-refractivity contribution is -0.172. The van der Waals surface area contributed by atoms with Crippen molar-refractivity contribution < 1.29 is 32.1 Å². The smallest absolute Gasteiger partial charge is 0.312 e. The van der Waals surface area contributed by atoms with Crippen LogP contribution in [0.4, 0.5) is 4.79 Å². The number of fused-ring (bicyclic) bond motifs is 2. The Labute approximate surface area is 139 Å². The topological polar surface area (TPSA) is 140 Å². The molecule has 2 unspecified atom stereocenters. The van der Waals surface area contributed by atoms with Crippen LogP contribution in [0.2, 0.25) is 0 Å². The SMILES string of the molecule is O=C(C1CCC2CN1C(=O)N2OS(=O)(=O)O)N(O)C[C@@H]1CCCN1. The van der Waals surface area contributed by atoms with E-state index in [9.17, 15) is 23.2 Å². The maximum Gasteiger partial charge on any atom is 0.418 e. The quantitative estimate of drug-likeness (QED) is 0.319. The van der Waals surface area contributed by atoms with Gasteiger partial charge in [-0.15, -0.1) is 4.28 Å². The monoisotopic (exact) mass is 364 g/mol. The summed E-state index contributed by atoms with van der Waals surface area (Å²) in [4.78, 5) is 25.8. The highest BCUT2D eigenvalue weighted by molar-refractivity contribution is 7.80. The Morgan fingerprint density at radius 2 is 2.12 bits per heavy atom. The van der Waals surface area contributed by atoms with Gasteiger partial charge in [-0.3, -0.25) is 14.6 Å². The van der Waals surface area contributed by atoms with Crippen molar-refractivity contribution in [1.82, 2.24) is 20.3 Å². The summed E-state index contributed by atoms with van der Waals surface area (Å²) in [5, 5.41) is 14.4. The first-order chi connectivity index (χ1) is 11.3. The molecule has 3 rings (SSSR count). The Bertz CT molecular complexity index is 621. The number of hydrogen-bond donors (Lipinski definition) is 3. The van der Waals surface area contributed by atoms with Gasteiger partial charge in [0.05, 0.1) is 12.6 Å².